The van der Waals surface area contributed by atoms with Crippen molar-refractivity contribution in [2.24, 2.45) is 0 Å². The minimum atomic E-state index is 0.0461. The summed E-state index contributed by atoms with van der Waals surface area (Å²) >= 11 is 0. The van der Waals surface area contributed by atoms with Crippen LogP contribution in [0.1, 0.15) is 6.42 Å². The Morgan fingerprint density at radius 3 is 2.80 bits per heavy atom. The van der Waals surface area contributed by atoms with Crippen molar-refractivity contribution in [3.63, 3.8) is 0 Å². The average Bonchev–Trinajstić information content (AvgIpc) is 1.98. The number of hydrogen-bond acceptors (Lipinski definition) is 2. The standard InChI is InChI=1S/C8H15O2/c1-4-6-10-7-5-8(2)9-3/h4,8H,1-2,5-7H2,3H3. The average molecular weight is 143 g/mol. The van der Waals surface area contributed by atoms with Gasteiger partial charge in [-0.05, 0) is 13.3 Å². The summed E-state index contributed by atoms with van der Waals surface area (Å²) in [5, 5.41) is 0. The molecule has 1 atom stereocenters. The third-order valence-corrected chi connectivity index (χ3v) is 1.15. The molecule has 0 aliphatic heterocycles. The maximum Gasteiger partial charge on any atom is 0.0644 e. The van der Waals surface area contributed by atoms with Crippen molar-refractivity contribution in [1.29, 1.82) is 0 Å². The monoisotopic (exact) mass is 143 g/mol. The van der Waals surface area contributed by atoms with Gasteiger partial charge in [0.15, 0.2) is 0 Å². The molecular weight excluding hydrogens is 128 g/mol. The van der Waals surface area contributed by atoms with Gasteiger partial charge in [-0.25, -0.2) is 0 Å². The maximum atomic E-state index is 5.12. The second kappa shape index (κ2) is 6.78. The van der Waals surface area contributed by atoms with Crippen LogP contribution in [0.3, 0.4) is 0 Å². The molecule has 0 rings (SSSR count). The number of rotatable bonds is 6. The zero-order valence-electron chi connectivity index (χ0n) is 6.51. The van der Waals surface area contributed by atoms with E-state index in [0.29, 0.717) is 13.2 Å². The topological polar surface area (TPSA) is 18.5 Å². The first-order chi connectivity index (χ1) is 4.81. The van der Waals surface area contributed by atoms with Crippen LogP contribution in [0.25, 0.3) is 0 Å². The van der Waals surface area contributed by atoms with Crippen LogP contribution in [0.2, 0.25) is 0 Å². The molecule has 0 saturated heterocycles. The van der Waals surface area contributed by atoms with Gasteiger partial charge in [-0.15, -0.1) is 6.58 Å². The summed E-state index contributed by atoms with van der Waals surface area (Å²) in [6.45, 7) is 8.55. The van der Waals surface area contributed by atoms with Crippen LogP contribution in [-0.4, -0.2) is 26.4 Å². The lowest BCUT2D eigenvalue weighted by Crippen LogP contribution is -2.09. The van der Waals surface area contributed by atoms with Crippen molar-refractivity contribution in [1.82, 2.24) is 0 Å². The fraction of sp³-hybridized carbons (Fsp3) is 0.625. The molecule has 1 radical (unpaired) electrons. The van der Waals surface area contributed by atoms with Crippen molar-refractivity contribution in [3.05, 3.63) is 19.6 Å². The lowest BCUT2D eigenvalue weighted by atomic mass is 10.3. The first kappa shape index (κ1) is 9.66. The number of methoxy groups -OCH3 is 1. The zero-order chi connectivity index (χ0) is 7.82. The van der Waals surface area contributed by atoms with Gasteiger partial charge in [0.05, 0.1) is 12.7 Å². The normalized spacial score (nSPS) is 13.0. The molecule has 0 aromatic heterocycles. The molecular formula is C8H15O2. The lowest BCUT2D eigenvalue weighted by molar-refractivity contribution is 0.0842. The Hall–Kier alpha value is -0.340. The van der Waals surface area contributed by atoms with Crippen LogP contribution in [0, 0.1) is 6.92 Å². The Labute approximate surface area is 62.8 Å². The van der Waals surface area contributed by atoms with Gasteiger partial charge < -0.3 is 9.47 Å². The molecule has 59 valence electrons. The molecule has 2 heteroatoms. The molecule has 2 nitrogen and oxygen atoms in total. The van der Waals surface area contributed by atoms with Crippen LogP contribution in [-0.2, 0) is 9.47 Å². The molecule has 0 spiro atoms. The Morgan fingerprint density at radius 2 is 2.30 bits per heavy atom. The minimum Gasteiger partial charge on any atom is -0.381 e. The van der Waals surface area contributed by atoms with Gasteiger partial charge in [-0.1, -0.05) is 6.08 Å². The second-order valence-electron chi connectivity index (χ2n) is 2.01. The van der Waals surface area contributed by atoms with Gasteiger partial charge in [-0.3, -0.25) is 0 Å². The molecule has 0 N–H and O–H groups in total. The van der Waals surface area contributed by atoms with E-state index in [1.807, 2.05) is 0 Å². The predicted octanol–water partition coefficient (Wildman–Crippen LogP) is 1.43. The quantitative estimate of drug-likeness (QED) is 0.413. The highest BCUT2D eigenvalue weighted by Gasteiger charge is 1.96. The van der Waals surface area contributed by atoms with Crippen LogP contribution in [0.5, 0.6) is 0 Å². The highest BCUT2D eigenvalue weighted by molar-refractivity contribution is 4.64. The van der Waals surface area contributed by atoms with Gasteiger partial charge in [0.1, 0.15) is 0 Å². The SMILES string of the molecule is [CH2]C(CCOCC=C)OC. The second-order valence-corrected chi connectivity index (χ2v) is 2.01. The molecule has 0 amide bonds. The number of ether oxygens (including phenoxy) is 2. The van der Waals surface area contributed by atoms with E-state index in [1.54, 1.807) is 13.2 Å². The first-order valence-electron chi connectivity index (χ1n) is 3.35. The molecule has 0 aromatic rings. The van der Waals surface area contributed by atoms with Gasteiger partial charge in [0, 0.05) is 13.7 Å². The molecule has 1 unspecified atom stereocenters. The van der Waals surface area contributed by atoms with Crippen LogP contribution < -0.4 is 0 Å². The van der Waals surface area contributed by atoms with Crippen LogP contribution in [0.15, 0.2) is 12.7 Å². The van der Waals surface area contributed by atoms with Crippen molar-refractivity contribution in [2.75, 3.05) is 20.3 Å². The molecule has 0 bridgehead atoms. The Bertz CT molecular complexity index is 81.3. The van der Waals surface area contributed by atoms with Crippen molar-refractivity contribution >= 4 is 0 Å². The lowest BCUT2D eigenvalue weighted by Gasteiger charge is -2.07. The van der Waals surface area contributed by atoms with Crippen molar-refractivity contribution in [3.8, 4) is 0 Å². The molecule has 0 aliphatic carbocycles. The number of hydrogen-bond donors (Lipinski definition) is 0. The molecule has 0 aromatic carbocycles. The summed E-state index contributed by atoms with van der Waals surface area (Å²) in [5.41, 5.74) is 0. The smallest absolute Gasteiger partial charge is 0.0644 e. The molecule has 0 fully saturated rings. The summed E-state index contributed by atoms with van der Waals surface area (Å²) in [6, 6.07) is 0. The van der Waals surface area contributed by atoms with E-state index < -0.39 is 0 Å². The van der Waals surface area contributed by atoms with Crippen LogP contribution >= 0.6 is 0 Å². The van der Waals surface area contributed by atoms with Crippen molar-refractivity contribution < 1.29 is 9.47 Å². The van der Waals surface area contributed by atoms with Crippen LogP contribution in [0.4, 0.5) is 0 Å². The highest BCUT2D eigenvalue weighted by atomic mass is 16.5. The molecule has 10 heavy (non-hydrogen) atoms. The fourth-order valence-corrected chi connectivity index (χ4v) is 0.499. The minimum absolute atomic E-state index is 0.0461. The van der Waals surface area contributed by atoms with E-state index in [4.69, 9.17) is 9.47 Å². The summed E-state index contributed by atoms with van der Waals surface area (Å²) < 4.78 is 10.0. The van der Waals surface area contributed by atoms with E-state index in [2.05, 4.69) is 13.5 Å². The zero-order valence-corrected chi connectivity index (χ0v) is 6.51. The van der Waals surface area contributed by atoms with Gasteiger partial charge >= 0.3 is 0 Å². The third kappa shape index (κ3) is 5.79. The largest absolute Gasteiger partial charge is 0.381 e. The maximum absolute atomic E-state index is 5.12. The van der Waals surface area contributed by atoms with Gasteiger partial charge in [0.2, 0.25) is 0 Å². The predicted molar refractivity (Wildman–Crippen MR) is 41.8 cm³/mol. The molecule has 0 heterocycles. The highest BCUT2D eigenvalue weighted by Crippen LogP contribution is 1.94. The Kier molecular flexibility index (Phi) is 6.55. The third-order valence-electron chi connectivity index (χ3n) is 1.15. The van der Waals surface area contributed by atoms with E-state index in [-0.39, 0.29) is 6.10 Å². The summed E-state index contributed by atoms with van der Waals surface area (Å²) in [6.07, 6.45) is 2.61. The first-order valence-corrected chi connectivity index (χ1v) is 3.35. The summed E-state index contributed by atoms with van der Waals surface area (Å²) in [4.78, 5) is 0. The summed E-state index contributed by atoms with van der Waals surface area (Å²) in [5.74, 6) is 0. The van der Waals surface area contributed by atoms with Gasteiger partial charge in [-0.2, -0.15) is 0 Å². The fourth-order valence-electron chi connectivity index (χ4n) is 0.499. The molecule has 0 saturated carbocycles. The Morgan fingerprint density at radius 1 is 1.60 bits per heavy atom. The van der Waals surface area contributed by atoms with E-state index >= 15 is 0 Å². The van der Waals surface area contributed by atoms with E-state index in [0.717, 1.165) is 6.42 Å². The molecule has 0 aliphatic rings. The Balaban J connectivity index is 2.95. The van der Waals surface area contributed by atoms with Crippen molar-refractivity contribution in [2.45, 2.75) is 12.5 Å². The van der Waals surface area contributed by atoms with E-state index in [1.165, 1.54) is 0 Å². The van der Waals surface area contributed by atoms with Gasteiger partial charge in [0.25, 0.3) is 0 Å². The van der Waals surface area contributed by atoms with E-state index in [9.17, 15) is 0 Å². The summed E-state index contributed by atoms with van der Waals surface area (Å²) in [7, 11) is 1.64.